The number of halogens is 2. The predicted octanol–water partition coefficient (Wildman–Crippen LogP) is 4.07. The van der Waals surface area contributed by atoms with Crippen molar-refractivity contribution in [1.29, 1.82) is 0 Å². The zero-order valence-corrected chi connectivity index (χ0v) is 17.0. The lowest BCUT2D eigenvalue weighted by atomic mass is 10.2. The highest BCUT2D eigenvalue weighted by Crippen LogP contribution is 2.37. The van der Waals surface area contributed by atoms with E-state index in [-0.39, 0.29) is 22.9 Å². The van der Waals surface area contributed by atoms with E-state index in [1.165, 1.54) is 42.5 Å². The number of sulfonamides is 1. The number of rotatable bonds is 4. The van der Waals surface area contributed by atoms with Gasteiger partial charge in [-0.15, -0.1) is 0 Å². The average Bonchev–Trinajstić information content (AvgIpc) is 2.73. The molecular formula is C21H16ClFN2O4S. The lowest BCUT2D eigenvalue weighted by molar-refractivity contribution is -0.122. The molecule has 0 aromatic heterocycles. The Morgan fingerprint density at radius 2 is 1.80 bits per heavy atom. The maximum absolute atomic E-state index is 13.4. The second-order valence-electron chi connectivity index (χ2n) is 6.56. The highest BCUT2D eigenvalue weighted by Gasteiger charge is 2.37. The van der Waals surface area contributed by atoms with Gasteiger partial charge in [0, 0.05) is 10.7 Å². The van der Waals surface area contributed by atoms with E-state index in [4.69, 9.17) is 16.3 Å². The zero-order valence-electron chi connectivity index (χ0n) is 15.5. The monoisotopic (exact) mass is 446 g/mol. The maximum Gasteiger partial charge on any atom is 0.267 e. The Morgan fingerprint density at radius 1 is 1.07 bits per heavy atom. The topological polar surface area (TPSA) is 75.7 Å². The third-order valence-electron chi connectivity index (χ3n) is 4.52. The Labute approximate surface area is 177 Å². The lowest BCUT2D eigenvalue weighted by Crippen LogP contribution is -2.48. The Bertz CT molecular complexity index is 1200. The summed E-state index contributed by atoms with van der Waals surface area (Å²) in [7, 11) is -3.98. The SMILES string of the molecule is O=C(Nc1cccc(F)c1)[C@@H]1CN(S(=O)(=O)c2ccc(Cl)cc2)c2ccccc2O1. The summed E-state index contributed by atoms with van der Waals surface area (Å²) in [4.78, 5) is 12.8. The highest BCUT2D eigenvalue weighted by molar-refractivity contribution is 7.92. The summed E-state index contributed by atoms with van der Waals surface area (Å²) < 4.78 is 46.8. The number of fused-ring (bicyclic) bond motifs is 1. The van der Waals surface area contributed by atoms with Crippen LogP contribution in [0.5, 0.6) is 5.75 Å². The van der Waals surface area contributed by atoms with Crippen LogP contribution in [0.15, 0.2) is 77.7 Å². The van der Waals surface area contributed by atoms with Crippen molar-refractivity contribution in [3.05, 3.63) is 83.6 Å². The van der Waals surface area contributed by atoms with E-state index in [9.17, 15) is 17.6 Å². The molecule has 1 amide bonds. The Morgan fingerprint density at radius 3 is 2.53 bits per heavy atom. The summed E-state index contributed by atoms with van der Waals surface area (Å²) in [6, 6.07) is 17.7. The molecule has 1 aliphatic heterocycles. The van der Waals surface area contributed by atoms with Gasteiger partial charge in [0.1, 0.15) is 11.6 Å². The number of carbonyl (C=O) groups is 1. The summed E-state index contributed by atoms with van der Waals surface area (Å²) in [6.45, 7) is -0.247. The first kappa shape index (κ1) is 20.2. The average molecular weight is 447 g/mol. The number of anilines is 2. The van der Waals surface area contributed by atoms with Crippen LogP contribution in [0.3, 0.4) is 0 Å². The fourth-order valence-electron chi connectivity index (χ4n) is 3.09. The molecule has 4 rings (SSSR count). The fraction of sp³-hybridized carbons (Fsp3) is 0.0952. The van der Waals surface area contributed by atoms with Crippen LogP contribution >= 0.6 is 11.6 Å². The van der Waals surface area contributed by atoms with E-state index < -0.39 is 27.9 Å². The van der Waals surface area contributed by atoms with Gasteiger partial charge in [0.2, 0.25) is 0 Å². The van der Waals surface area contributed by atoms with Gasteiger partial charge in [-0.2, -0.15) is 0 Å². The molecule has 3 aromatic carbocycles. The summed E-state index contributed by atoms with van der Waals surface area (Å²) in [6.07, 6.45) is -1.13. The second kappa shape index (κ2) is 7.97. The van der Waals surface area contributed by atoms with Gasteiger partial charge in [-0.3, -0.25) is 9.10 Å². The normalized spacial score (nSPS) is 15.8. The minimum Gasteiger partial charge on any atom is -0.476 e. The van der Waals surface area contributed by atoms with Crippen LogP contribution < -0.4 is 14.4 Å². The standard InChI is InChI=1S/C21H16ClFN2O4S/c22-14-8-10-17(11-9-14)30(27,28)25-13-20(29-19-7-2-1-6-18(19)25)21(26)24-16-5-3-4-15(23)12-16/h1-12,20H,13H2,(H,24,26)/t20-/m0/s1. The molecule has 0 spiro atoms. The van der Waals surface area contributed by atoms with Crippen molar-refractivity contribution in [2.75, 3.05) is 16.2 Å². The first-order chi connectivity index (χ1) is 14.3. The number of nitrogens with one attached hydrogen (secondary N) is 1. The van der Waals surface area contributed by atoms with Crippen molar-refractivity contribution in [2.45, 2.75) is 11.0 Å². The largest absolute Gasteiger partial charge is 0.476 e. The van der Waals surface area contributed by atoms with E-state index in [1.54, 1.807) is 24.3 Å². The summed E-state index contributed by atoms with van der Waals surface area (Å²) in [5.41, 5.74) is 0.567. The molecule has 3 aromatic rings. The Kier molecular flexibility index (Phi) is 5.36. The smallest absolute Gasteiger partial charge is 0.267 e. The molecule has 0 bridgehead atoms. The molecule has 9 heteroatoms. The van der Waals surface area contributed by atoms with Gasteiger partial charge in [-0.25, -0.2) is 12.8 Å². The van der Waals surface area contributed by atoms with Gasteiger partial charge >= 0.3 is 0 Å². The van der Waals surface area contributed by atoms with Crippen molar-refractivity contribution in [3.8, 4) is 5.75 Å². The Balaban J connectivity index is 1.67. The van der Waals surface area contributed by atoms with Crippen molar-refractivity contribution < 1.29 is 22.3 Å². The predicted molar refractivity (Wildman–Crippen MR) is 112 cm³/mol. The summed E-state index contributed by atoms with van der Waals surface area (Å²) in [5, 5.41) is 2.97. The van der Waals surface area contributed by atoms with Crippen molar-refractivity contribution in [2.24, 2.45) is 0 Å². The van der Waals surface area contributed by atoms with Gasteiger partial charge in [-0.1, -0.05) is 29.8 Å². The van der Waals surface area contributed by atoms with E-state index in [0.29, 0.717) is 10.7 Å². The molecule has 1 heterocycles. The number of amides is 1. The van der Waals surface area contributed by atoms with Crippen LogP contribution in [0.25, 0.3) is 0 Å². The van der Waals surface area contributed by atoms with Crippen LogP contribution in [0, 0.1) is 5.82 Å². The molecule has 0 unspecified atom stereocenters. The number of hydrogen-bond donors (Lipinski definition) is 1. The minimum atomic E-state index is -3.98. The number of benzene rings is 3. The molecule has 0 aliphatic carbocycles. The van der Waals surface area contributed by atoms with Crippen molar-refractivity contribution in [3.63, 3.8) is 0 Å². The highest BCUT2D eigenvalue weighted by atomic mass is 35.5. The molecule has 1 atom stereocenters. The molecule has 1 N–H and O–H groups in total. The first-order valence-electron chi connectivity index (χ1n) is 8.95. The number of ether oxygens (including phenoxy) is 1. The van der Waals surface area contributed by atoms with Crippen LogP contribution in [0.4, 0.5) is 15.8 Å². The van der Waals surface area contributed by atoms with Gasteiger partial charge in [0.05, 0.1) is 17.1 Å². The van der Waals surface area contributed by atoms with Gasteiger partial charge in [0.15, 0.2) is 6.10 Å². The lowest BCUT2D eigenvalue weighted by Gasteiger charge is -2.34. The first-order valence-corrected chi connectivity index (χ1v) is 10.8. The summed E-state index contributed by atoms with van der Waals surface area (Å²) in [5.74, 6) is -0.846. The number of hydrogen-bond acceptors (Lipinski definition) is 4. The third kappa shape index (κ3) is 3.96. The van der Waals surface area contributed by atoms with Crippen LogP contribution in [0.1, 0.15) is 0 Å². The molecule has 0 fully saturated rings. The van der Waals surface area contributed by atoms with Crippen LogP contribution in [0.2, 0.25) is 5.02 Å². The van der Waals surface area contributed by atoms with Gasteiger partial charge in [-0.05, 0) is 54.6 Å². The van der Waals surface area contributed by atoms with Crippen molar-refractivity contribution in [1.82, 2.24) is 0 Å². The minimum absolute atomic E-state index is 0.0351. The molecule has 0 radical (unpaired) electrons. The Hall–Kier alpha value is -3.10. The number of nitrogens with zero attached hydrogens (tertiary/aromatic N) is 1. The van der Waals surface area contributed by atoms with E-state index in [0.717, 1.165) is 10.4 Å². The quantitative estimate of drug-likeness (QED) is 0.655. The summed E-state index contributed by atoms with van der Waals surface area (Å²) >= 11 is 5.87. The van der Waals surface area contributed by atoms with Gasteiger partial charge in [0.25, 0.3) is 15.9 Å². The van der Waals surface area contributed by atoms with E-state index >= 15 is 0 Å². The molecule has 0 saturated carbocycles. The fourth-order valence-corrected chi connectivity index (χ4v) is 4.69. The molecule has 30 heavy (non-hydrogen) atoms. The third-order valence-corrected chi connectivity index (χ3v) is 6.57. The molecule has 6 nitrogen and oxygen atoms in total. The van der Waals surface area contributed by atoms with Crippen LogP contribution in [-0.2, 0) is 14.8 Å². The number of carbonyl (C=O) groups excluding carboxylic acids is 1. The maximum atomic E-state index is 13.4. The molecule has 154 valence electrons. The second-order valence-corrected chi connectivity index (χ2v) is 8.86. The van der Waals surface area contributed by atoms with E-state index in [1.807, 2.05) is 0 Å². The molecular weight excluding hydrogens is 431 g/mol. The van der Waals surface area contributed by atoms with Crippen LogP contribution in [-0.4, -0.2) is 27.0 Å². The van der Waals surface area contributed by atoms with Crippen molar-refractivity contribution >= 4 is 38.9 Å². The van der Waals surface area contributed by atoms with Gasteiger partial charge < -0.3 is 10.1 Å². The number of para-hydroxylation sites is 2. The molecule has 0 saturated heterocycles. The molecule has 1 aliphatic rings. The zero-order chi connectivity index (χ0) is 21.3. The van der Waals surface area contributed by atoms with E-state index in [2.05, 4.69) is 5.32 Å².